The van der Waals surface area contributed by atoms with E-state index in [1.807, 2.05) is 30.3 Å². The van der Waals surface area contributed by atoms with Gasteiger partial charge in [-0.3, -0.25) is 4.79 Å². The number of hydrogen-bond acceptors (Lipinski definition) is 2. The number of piperidine rings is 1. The van der Waals surface area contributed by atoms with Crippen LogP contribution in [0.5, 0.6) is 0 Å². The fourth-order valence-electron chi connectivity index (χ4n) is 2.91. The van der Waals surface area contributed by atoms with Crippen molar-refractivity contribution in [2.45, 2.75) is 18.9 Å². The number of rotatable bonds is 3. The van der Waals surface area contributed by atoms with Gasteiger partial charge in [0.25, 0.3) is 5.91 Å². The van der Waals surface area contributed by atoms with Gasteiger partial charge in [0.15, 0.2) is 0 Å². The molecule has 136 valence electrons. The number of amides is 3. The molecular formula is C19H19Cl2N3O2. The van der Waals surface area contributed by atoms with Gasteiger partial charge in [0.05, 0.1) is 10.0 Å². The van der Waals surface area contributed by atoms with Crippen molar-refractivity contribution in [3.63, 3.8) is 0 Å². The molecule has 7 heteroatoms. The minimum atomic E-state index is -0.231. The lowest BCUT2D eigenvalue weighted by atomic mass is 10.0. The van der Waals surface area contributed by atoms with Gasteiger partial charge in [-0.15, -0.1) is 0 Å². The van der Waals surface area contributed by atoms with Crippen molar-refractivity contribution in [2.75, 3.05) is 18.4 Å². The molecule has 3 rings (SSSR count). The summed E-state index contributed by atoms with van der Waals surface area (Å²) in [5.74, 6) is -0.0734. The molecule has 1 aliphatic heterocycles. The zero-order chi connectivity index (χ0) is 18.5. The number of para-hydroxylation sites is 1. The van der Waals surface area contributed by atoms with Crippen LogP contribution in [0.4, 0.5) is 10.5 Å². The second-order valence-corrected chi connectivity index (χ2v) is 6.97. The SMILES string of the molecule is O=C(Nc1ccccc1)NC1CCN(C(=O)c2ccc(Cl)c(Cl)c2)CC1. The minimum absolute atomic E-state index is 0.0385. The third-order valence-corrected chi connectivity index (χ3v) is 5.05. The molecular weight excluding hydrogens is 373 g/mol. The molecule has 1 heterocycles. The molecule has 0 aliphatic carbocycles. The van der Waals surface area contributed by atoms with Crippen molar-refractivity contribution >= 4 is 40.8 Å². The summed E-state index contributed by atoms with van der Waals surface area (Å²) in [7, 11) is 0. The summed E-state index contributed by atoms with van der Waals surface area (Å²) in [6.07, 6.45) is 1.41. The molecule has 1 saturated heterocycles. The maximum Gasteiger partial charge on any atom is 0.319 e. The Kier molecular flexibility index (Phi) is 6.01. The molecule has 1 fully saturated rings. The van der Waals surface area contributed by atoms with Crippen LogP contribution in [0.2, 0.25) is 10.0 Å². The third-order valence-electron chi connectivity index (χ3n) is 4.32. The Bertz CT molecular complexity index is 791. The van der Waals surface area contributed by atoms with E-state index < -0.39 is 0 Å². The molecule has 0 aromatic heterocycles. The van der Waals surface area contributed by atoms with Crippen molar-refractivity contribution in [3.8, 4) is 0 Å². The first-order chi connectivity index (χ1) is 12.5. The summed E-state index contributed by atoms with van der Waals surface area (Å²) >= 11 is 11.9. The summed E-state index contributed by atoms with van der Waals surface area (Å²) in [6, 6.07) is 14.0. The van der Waals surface area contributed by atoms with Crippen LogP contribution in [0.3, 0.4) is 0 Å². The lowest BCUT2D eigenvalue weighted by Gasteiger charge is -2.32. The van der Waals surface area contributed by atoms with E-state index in [2.05, 4.69) is 10.6 Å². The number of nitrogens with zero attached hydrogens (tertiary/aromatic N) is 1. The first-order valence-corrected chi connectivity index (χ1v) is 9.15. The standard InChI is InChI=1S/C19H19Cl2N3O2/c20-16-7-6-13(12-17(16)21)18(25)24-10-8-15(9-11-24)23-19(26)22-14-4-2-1-3-5-14/h1-7,12,15H,8-11H2,(H2,22,23,26). The Labute approximate surface area is 162 Å². The van der Waals surface area contributed by atoms with Crippen molar-refractivity contribution < 1.29 is 9.59 Å². The summed E-state index contributed by atoms with van der Waals surface area (Å²) < 4.78 is 0. The van der Waals surface area contributed by atoms with Gasteiger partial charge in [0.2, 0.25) is 0 Å². The van der Waals surface area contributed by atoms with Gasteiger partial charge in [-0.2, -0.15) is 0 Å². The van der Waals surface area contributed by atoms with Gasteiger partial charge in [-0.05, 0) is 43.2 Å². The maximum absolute atomic E-state index is 12.6. The Morgan fingerprint density at radius 1 is 0.962 bits per heavy atom. The van der Waals surface area contributed by atoms with E-state index in [4.69, 9.17) is 23.2 Å². The average Bonchev–Trinajstić information content (AvgIpc) is 2.65. The lowest BCUT2D eigenvalue weighted by Crippen LogP contribution is -2.47. The maximum atomic E-state index is 12.6. The van der Waals surface area contributed by atoms with Crippen molar-refractivity contribution in [2.24, 2.45) is 0 Å². The minimum Gasteiger partial charge on any atom is -0.338 e. The summed E-state index contributed by atoms with van der Waals surface area (Å²) in [4.78, 5) is 26.4. The fraction of sp³-hybridized carbons (Fsp3) is 0.263. The van der Waals surface area contributed by atoms with E-state index in [1.54, 1.807) is 23.1 Å². The van der Waals surface area contributed by atoms with E-state index in [0.717, 1.165) is 5.69 Å². The van der Waals surface area contributed by atoms with Crippen LogP contribution in [0.1, 0.15) is 23.2 Å². The van der Waals surface area contributed by atoms with E-state index in [0.29, 0.717) is 41.5 Å². The molecule has 1 aliphatic rings. The van der Waals surface area contributed by atoms with E-state index >= 15 is 0 Å². The van der Waals surface area contributed by atoms with Crippen LogP contribution < -0.4 is 10.6 Å². The third kappa shape index (κ3) is 4.68. The first-order valence-electron chi connectivity index (χ1n) is 8.40. The molecule has 0 saturated carbocycles. The van der Waals surface area contributed by atoms with Crippen LogP contribution in [-0.2, 0) is 0 Å². The van der Waals surface area contributed by atoms with Gasteiger partial charge >= 0.3 is 6.03 Å². The number of hydrogen-bond donors (Lipinski definition) is 2. The Morgan fingerprint density at radius 3 is 2.31 bits per heavy atom. The molecule has 0 unspecified atom stereocenters. The lowest BCUT2D eigenvalue weighted by molar-refractivity contribution is 0.0709. The fourth-order valence-corrected chi connectivity index (χ4v) is 3.21. The number of likely N-dealkylation sites (tertiary alicyclic amines) is 1. The molecule has 3 amide bonds. The van der Waals surface area contributed by atoms with E-state index in [-0.39, 0.29) is 18.0 Å². The van der Waals surface area contributed by atoms with Crippen LogP contribution in [0, 0.1) is 0 Å². The molecule has 2 aromatic carbocycles. The highest BCUT2D eigenvalue weighted by atomic mass is 35.5. The zero-order valence-electron chi connectivity index (χ0n) is 14.0. The predicted molar refractivity (Wildman–Crippen MR) is 104 cm³/mol. The summed E-state index contributed by atoms with van der Waals surface area (Å²) in [5.41, 5.74) is 1.27. The van der Waals surface area contributed by atoms with Crippen LogP contribution >= 0.6 is 23.2 Å². The Balaban J connectivity index is 1.50. The van der Waals surface area contributed by atoms with Gasteiger partial charge in [0.1, 0.15) is 0 Å². The van der Waals surface area contributed by atoms with Crippen molar-refractivity contribution in [1.29, 1.82) is 0 Å². The molecule has 0 atom stereocenters. The van der Waals surface area contributed by atoms with Gasteiger partial charge in [0, 0.05) is 30.4 Å². The number of benzene rings is 2. The molecule has 0 spiro atoms. The normalized spacial score (nSPS) is 14.8. The number of halogens is 2. The molecule has 0 radical (unpaired) electrons. The molecule has 0 bridgehead atoms. The zero-order valence-corrected chi connectivity index (χ0v) is 15.6. The highest BCUT2D eigenvalue weighted by molar-refractivity contribution is 6.42. The molecule has 5 nitrogen and oxygen atoms in total. The smallest absolute Gasteiger partial charge is 0.319 e. The van der Waals surface area contributed by atoms with Gasteiger partial charge in [-0.1, -0.05) is 41.4 Å². The molecule has 2 N–H and O–H groups in total. The predicted octanol–water partition coefficient (Wildman–Crippen LogP) is 4.42. The number of carbonyl (C=O) groups excluding carboxylic acids is 2. The van der Waals surface area contributed by atoms with Gasteiger partial charge in [-0.25, -0.2) is 4.79 Å². The summed E-state index contributed by atoms with van der Waals surface area (Å²) in [5, 5.41) is 6.55. The second kappa shape index (κ2) is 8.43. The Morgan fingerprint density at radius 2 is 1.65 bits per heavy atom. The van der Waals surface area contributed by atoms with Crippen molar-refractivity contribution in [1.82, 2.24) is 10.2 Å². The van der Waals surface area contributed by atoms with Crippen LogP contribution in [0.15, 0.2) is 48.5 Å². The topological polar surface area (TPSA) is 61.4 Å². The molecule has 2 aromatic rings. The highest BCUT2D eigenvalue weighted by Crippen LogP contribution is 2.24. The van der Waals surface area contributed by atoms with E-state index in [9.17, 15) is 9.59 Å². The number of carbonyl (C=O) groups is 2. The summed E-state index contributed by atoms with van der Waals surface area (Å²) in [6.45, 7) is 1.16. The number of urea groups is 1. The van der Waals surface area contributed by atoms with Crippen LogP contribution in [-0.4, -0.2) is 36.0 Å². The largest absolute Gasteiger partial charge is 0.338 e. The van der Waals surface area contributed by atoms with E-state index in [1.165, 1.54) is 0 Å². The van der Waals surface area contributed by atoms with Gasteiger partial charge < -0.3 is 15.5 Å². The first kappa shape index (κ1) is 18.5. The highest BCUT2D eigenvalue weighted by Gasteiger charge is 2.25. The quantitative estimate of drug-likeness (QED) is 0.813. The number of anilines is 1. The number of nitrogens with one attached hydrogen (secondary N) is 2. The average molecular weight is 392 g/mol. The van der Waals surface area contributed by atoms with Crippen LogP contribution in [0.25, 0.3) is 0 Å². The molecule has 26 heavy (non-hydrogen) atoms. The second-order valence-electron chi connectivity index (χ2n) is 6.16. The van der Waals surface area contributed by atoms with Crippen molar-refractivity contribution in [3.05, 3.63) is 64.1 Å². The Hall–Kier alpha value is -2.24. The monoisotopic (exact) mass is 391 g/mol.